The van der Waals surface area contributed by atoms with Crippen LogP contribution in [0.25, 0.3) is 22.3 Å². The van der Waals surface area contributed by atoms with E-state index in [4.69, 9.17) is 15.6 Å². The fourth-order valence-corrected chi connectivity index (χ4v) is 8.83. The van der Waals surface area contributed by atoms with Gasteiger partial charge in [-0.2, -0.15) is 5.10 Å². The number of para-hydroxylation sites is 1. The van der Waals surface area contributed by atoms with Gasteiger partial charge in [0.05, 0.1) is 22.6 Å². The van der Waals surface area contributed by atoms with Crippen LogP contribution in [0.15, 0.2) is 79.1 Å². The zero-order chi connectivity index (χ0) is 38.9. The predicted molar refractivity (Wildman–Crippen MR) is 206 cm³/mol. The number of alkyl halides is 1. The molecule has 2 aromatic heterocycles. The van der Waals surface area contributed by atoms with Crippen molar-refractivity contribution in [2.24, 2.45) is 0 Å². The Bertz CT molecular complexity index is 2430. The number of amides is 4. The maximum Gasteiger partial charge on any atom is 0.262 e. The van der Waals surface area contributed by atoms with Crippen molar-refractivity contribution in [1.82, 2.24) is 39.8 Å². The van der Waals surface area contributed by atoms with Crippen molar-refractivity contribution in [3.63, 3.8) is 0 Å². The van der Waals surface area contributed by atoms with Gasteiger partial charge >= 0.3 is 0 Å². The van der Waals surface area contributed by atoms with Crippen molar-refractivity contribution in [3.05, 3.63) is 90.3 Å². The fraction of sp³-hybridized carbons (Fsp3) is 0.341. The Morgan fingerprint density at radius 1 is 0.789 bits per heavy atom. The fourth-order valence-electron chi connectivity index (χ4n) is 8.83. The number of nitrogens with one attached hydrogen (secondary N) is 1. The van der Waals surface area contributed by atoms with Gasteiger partial charge in [-0.15, -0.1) is 0 Å². The second-order valence-electron chi connectivity index (χ2n) is 15.4. The summed E-state index contributed by atoms with van der Waals surface area (Å²) in [6.07, 6.45) is 0.993. The number of nitrogens with two attached hydrogens (primary N) is 1. The third-order valence-corrected chi connectivity index (χ3v) is 12.1. The smallest absolute Gasteiger partial charge is 0.262 e. The van der Waals surface area contributed by atoms with Crippen LogP contribution in [0, 0.1) is 0 Å². The standard InChI is InChI=1S/C41H39FN10O5/c42-31-21-48(15-14-32(31)52-38-35(37(43)44-22-45-38)36(47-52)23-6-9-28(10-7-23)57-27-4-2-1-3-5-27)25-17-50(18-25)26-19-49(20-26)24-8-11-29-30(16-24)41(56)51(40(29)55)33-12-13-34(53)46-39(33)54/h1-11,16,22,25-26,31-33H,12-15,17-21H2,(H2,43,44,45)(H,46,53,54)/t31-,32-,33-/m1/s1. The van der Waals surface area contributed by atoms with Gasteiger partial charge in [-0.25, -0.2) is 19.0 Å². The topological polar surface area (TPSA) is 172 Å². The van der Waals surface area contributed by atoms with Crippen molar-refractivity contribution in [3.8, 4) is 22.8 Å². The van der Waals surface area contributed by atoms with Crippen LogP contribution >= 0.6 is 0 Å². The molecular weight excluding hydrogens is 732 g/mol. The van der Waals surface area contributed by atoms with Crippen LogP contribution in [0.2, 0.25) is 0 Å². The summed E-state index contributed by atoms with van der Waals surface area (Å²) in [5.41, 5.74) is 9.66. The van der Waals surface area contributed by atoms with Crippen LogP contribution in [0.4, 0.5) is 15.9 Å². The number of nitrogens with zero attached hydrogens (tertiary/aromatic N) is 8. The Balaban J connectivity index is 0.753. The van der Waals surface area contributed by atoms with E-state index in [9.17, 15) is 19.2 Å². The molecule has 10 rings (SSSR count). The number of nitrogen functional groups attached to an aromatic ring is 1. The van der Waals surface area contributed by atoms with E-state index in [0.29, 0.717) is 47.3 Å². The summed E-state index contributed by atoms with van der Waals surface area (Å²) in [6, 6.07) is 21.4. The number of aromatic nitrogens is 4. The monoisotopic (exact) mass is 770 g/mol. The highest BCUT2D eigenvalue weighted by molar-refractivity contribution is 6.23. The van der Waals surface area contributed by atoms with Crippen LogP contribution in [-0.2, 0) is 9.59 Å². The Kier molecular flexibility index (Phi) is 8.48. The molecule has 3 N–H and O–H groups in total. The summed E-state index contributed by atoms with van der Waals surface area (Å²) in [4.78, 5) is 67.0. The first-order valence-electron chi connectivity index (χ1n) is 19.2. The highest BCUT2D eigenvalue weighted by Gasteiger charge is 2.47. The van der Waals surface area contributed by atoms with E-state index in [2.05, 4.69) is 30.0 Å². The lowest BCUT2D eigenvalue weighted by Crippen LogP contribution is -2.70. The molecule has 5 aromatic rings. The molecule has 4 fully saturated rings. The molecule has 57 heavy (non-hydrogen) atoms. The quantitative estimate of drug-likeness (QED) is 0.221. The van der Waals surface area contributed by atoms with Gasteiger partial charge in [0.1, 0.15) is 41.6 Å². The molecule has 0 bridgehead atoms. The van der Waals surface area contributed by atoms with Gasteiger partial charge in [0.25, 0.3) is 11.8 Å². The Morgan fingerprint density at radius 3 is 2.28 bits per heavy atom. The lowest BCUT2D eigenvalue weighted by atomic mass is 9.94. The van der Waals surface area contributed by atoms with Gasteiger partial charge in [-0.1, -0.05) is 18.2 Å². The van der Waals surface area contributed by atoms with Gasteiger partial charge in [-0.05, 0) is 67.4 Å². The normalized spacial score (nSPS) is 23.4. The predicted octanol–water partition coefficient (Wildman–Crippen LogP) is 3.43. The highest BCUT2D eigenvalue weighted by atomic mass is 19.1. The number of hydrogen-bond donors (Lipinski definition) is 2. The molecule has 15 nitrogen and oxygen atoms in total. The molecule has 5 aliphatic rings. The number of ether oxygens (including phenoxy) is 1. The maximum atomic E-state index is 16.2. The van der Waals surface area contributed by atoms with E-state index in [1.165, 1.54) is 6.33 Å². The first-order chi connectivity index (χ1) is 27.7. The van der Waals surface area contributed by atoms with E-state index >= 15 is 4.39 Å². The number of hydrogen-bond acceptors (Lipinski definition) is 12. The highest BCUT2D eigenvalue weighted by Crippen LogP contribution is 2.38. The maximum absolute atomic E-state index is 16.2. The first-order valence-corrected chi connectivity index (χ1v) is 19.2. The molecule has 7 heterocycles. The number of carbonyl (C=O) groups is 4. The average Bonchev–Trinajstić information content (AvgIpc) is 3.68. The summed E-state index contributed by atoms with van der Waals surface area (Å²) < 4.78 is 23.9. The van der Waals surface area contributed by atoms with Gasteiger partial charge in [0.2, 0.25) is 11.8 Å². The third kappa shape index (κ3) is 6.06. The summed E-state index contributed by atoms with van der Waals surface area (Å²) in [7, 11) is 0. The lowest BCUT2D eigenvalue weighted by molar-refractivity contribution is -0.136. The van der Waals surface area contributed by atoms with Crippen molar-refractivity contribution in [2.75, 3.05) is 49.9 Å². The van der Waals surface area contributed by atoms with Crippen molar-refractivity contribution < 1.29 is 28.3 Å². The lowest BCUT2D eigenvalue weighted by Gasteiger charge is -2.55. The molecule has 0 aliphatic carbocycles. The summed E-state index contributed by atoms with van der Waals surface area (Å²) in [5, 5.41) is 7.74. The molecule has 0 saturated carbocycles. The number of likely N-dealkylation sites (tertiary alicyclic amines) is 2. The van der Waals surface area contributed by atoms with Crippen LogP contribution in [0.5, 0.6) is 11.5 Å². The summed E-state index contributed by atoms with van der Waals surface area (Å²) in [5.74, 6) is -0.353. The van der Waals surface area contributed by atoms with Gasteiger partial charge in [0, 0.05) is 69.0 Å². The van der Waals surface area contributed by atoms with Crippen LogP contribution in [0.1, 0.15) is 46.0 Å². The van der Waals surface area contributed by atoms with E-state index in [0.717, 1.165) is 54.6 Å². The molecule has 3 atom stereocenters. The first kappa shape index (κ1) is 35.2. The number of rotatable bonds is 8. The minimum Gasteiger partial charge on any atom is -0.457 e. The molecule has 0 spiro atoms. The second kappa shape index (κ2) is 13.7. The van der Waals surface area contributed by atoms with E-state index in [-0.39, 0.29) is 30.0 Å². The van der Waals surface area contributed by atoms with Crippen LogP contribution in [-0.4, -0.2) is 122 Å². The van der Waals surface area contributed by atoms with Crippen LogP contribution < -0.4 is 20.7 Å². The molecule has 0 radical (unpaired) electrons. The van der Waals surface area contributed by atoms with Crippen molar-refractivity contribution >= 4 is 46.2 Å². The zero-order valence-corrected chi connectivity index (χ0v) is 30.8. The Labute approximate surface area is 326 Å². The Morgan fingerprint density at radius 2 is 1.53 bits per heavy atom. The molecule has 4 saturated heterocycles. The number of piperidine rings is 2. The summed E-state index contributed by atoms with van der Waals surface area (Å²) >= 11 is 0. The third-order valence-electron chi connectivity index (χ3n) is 12.1. The molecule has 16 heteroatoms. The number of fused-ring (bicyclic) bond motifs is 2. The molecule has 5 aliphatic heterocycles. The molecular formula is C41H39FN10O5. The number of imide groups is 2. The number of carbonyl (C=O) groups excluding carboxylic acids is 4. The SMILES string of the molecule is Nc1ncnc2c1c(-c1ccc(Oc3ccccc3)cc1)nn2[C@@H]1CCN(C2CN(C3CN(c4ccc5c(c4)C(=O)N([C@@H]4CCC(=O)NC4=O)C5=O)C3)C2)C[C@H]1F. The molecule has 3 aromatic carbocycles. The molecule has 4 amide bonds. The van der Waals surface area contributed by atoms with Gasteiger partial charge < -0.3 is 15.4 Å². The zero-order valence-electron chi connectivity index (χ0n) is 30.8. The number of benzene rings is 3. The molecule has 290 valence electrons. The van der Waals surface area contributed by atoms with Gasteiger partial charge in [0.15, 0.2) is 5.65 Å². The second-order valence-corrected chi connectivity index (χ2v) is 15.4. The average molecular weight is 771 g/mol. The summed E-state index contributed by atoms with van der Waals surface area (Å²) in [6.45, 7) is 4.23. The largest absolute Gasteiger partial charge is 0.457 e. The minimum absolute atomic E-state index is 0.0763. The minimum atomic E-state index is -1.17. The van der Waals surface area contributed by atoms with E-state index < -0.39 is 41.9 Å². The van der Waals surface area contributed by atoms with E-state index in [1.807, 2.05) is 60.7 Å². The molecule has 0 unspecified atom stereocenters. The number of halogens is 1. The van der Waals surface area contributed by atoms with Crippen molar-refractivity contribution in [2.45, 2.75) is 49.6 Å². The van der Waals surface area contributed by atoms with Gasteiger partial charge in [-0.3, -0.25) is 39.2 Å². The van der Waals surface area contributed by atoms with Crippen LogP contribution in [0.3, 0.4) is 0 Å². The van der Waals surface area contributed by atoms with Crippen molar-refractivity contribution in [1.29, 1.82) is 0 Å². The Hall–Kier alpha value is -6.26. The van der Waals surface area contributed by atoms with E-state index in [1.54, 1.807) is 16.8 Å². The number of anilines is 2.